The first-order valence-corrected chi connectivity index (χ1v) is 13.8. The van der Waals surface area contributed by atoms with Gasteiger partial charge in [0.2, 0.25) is 0 Å². The van der Waals surface area contributed by atoms with E-state index in [1.807, 2.05) is 12.4 Å². The van der Waals surface area contributed by atoms with E-state index in [1.54, 1.807) is 12.4 Å². The number of fused-ring (bicyclic) bond motifs is 4. The molecule has 0 radical (unpaired) electrons. The first-order valence-electron chi connectivity index (χ1n) is 13.8. The van der Waals surface area contributed by atoms with Crippen LogP contribution in [0.25, 0.3) is 44.3 Å². The molecule has 2 saturated heterocycles. The van der Waals surface area contributed by atoms with Gasteiger partial charge < -0.3 is 19.3 Å². The second-order valence-electron chi connectivity index (χ2n) is 11.4. The number of likely N-dealkylation sites (tertiary alicyclic amines) is 1. The first-order chi connectivity index (χ1) is 20.2. The smallest absolute Gasteiger partial charge is 0.155 e. The van der Waals surface area contributed by atoms with Crippen LogP contribution in [0, 0.1) is 5.41 Å². The Morgan fingerprint density at radius 1 is 0.683 bits per heavy atom. The highest BCUT2D eigenvalue weighted by Crippen LogP contribution is 2.49. The van der Waals surface area contributed by atoms with Gasteiger partial charge in [-0.2, -0.15) is 10.2 Å². The Hall–Kier alpha value is -4.80. The number of benzene rings is 2. The zero-order valence-corrected chi connectivity index (χ0v) is 22.2. The Labute approximate surface area is 234 Å². The summed E-state index contributed by atoms with van der Waals surface area (Å²) in [6.45, 7) is 5.87. The number of aromatic amines is 2. The summed E-state index contributed by atoms with van der Waals surface area (Å²) >= 11 is 0. The van der Waals surface area contributed by atoms with Gasteiger partial charge in [0, 0.05) is 65.9 Å². The van der Waals surface area contributed by atoms with Crippen LogP contribution in [0.4, 0.5) is 11.4 Å². The van der Waals surface area contributed by atoms with Crippen LogP contribution in [0.15, 0.2) is 73.3 Å². The molecule has 1 spiro atoms. The van der Waals surface area contributed by atoms with Crippen molar-refractivity contribution in [1.82, 2.24) is 35.3 Å². The van der Waals surface area contributed by atoms with E-state index in [-0.39, 0.29) is 0 Å². The highest BCUT2D eigenvalue weighted by Gasteiger charge is 2.48. The van der Waals surface area contributed by atoms with Crippen molar-refractivity contribution < 1.29 is 9.47 Å². The van der Waals surface area contributed by atoms with Crippen molar-refractivity contribution in [1.29, 1.82) is 0 Å². The molecule has 0 amide bonds. The predicted molar refractivity (Wildman–Crippen MR) is 155 cm³/mol. The van der Waals surface area contributed by atoms with Crippen molar-refractivity contribution in [3.8, 4) is 33.8 Å². The fourth-order valence-electron chi connectivity index (χ4n) is 6.35. The van der Waals surface area contributed by atoms with Crippen LogP contribution in [0.5, 0.6) is 11.5 Å². The van der Waals surface area contributed by atoms with E-state index < -0.39 is 0 Å². The number of hydrogen-bond acceptors (Lipinski definition) is 8. The third kappa shape index (κ3) is 3.71. The Morgan fingerprint density at radius 2 is 1.27 bits per heavy atom. The van der Waals surface area contributed by atoms with E-state index in [1.165, 1.54) is 0 Å². The van der Waals surface area contributed by atoms with Crippen molar-refractivity contribution in [2.45, 2.75) is 0 Å². The summed E-state index contributed by atoms with van der Waals surface area (Å²) in [5, 5.41) is 16.0. The summed E-state index contributed by atoms with van der Waals surface area (Å²) in [6.07, 6.45) is 7.34. The first kappa shape index (κ1) is 23.0. The van der Waals surface area contributed by atoms with Gasteiger partial charge in [0.15, 0.2) is 22.8 Å². The van der Waals surface area contributed by atoms with E-state index in [4.69, 9.17) is 9.47 Å². The van der Waals surface area contributed by atoms with Gasteiger partial charge in [-0.05, 0) is 47.5 Å². The van der Waals surface area contributed by atoms with E-state index in [0.717, 1.165) is 107 Å². The number of rotatable bonds is 5. The largest absolute Gasteiger partial charge is 0.453 e. The molecule has 202 valence electrons. The van der Waals surface area contributed by atoms with Gasteiger partial charge in [-0.3, -0.25) is 10.2 Å². The molecule has 0 aliphatic carbocycles. The lowest BCUT2D eigenvalue weighted by Crippen LogP contribution is -2.66. The highest BCUT2D eigenvalue weighted by atomic mass is 16.5. The summed E-state index contributed by atoms with van der Waals surface area (Å²) in [6, 6.07) is 17.0. The molecule has 10 heteroatoms. The summed E-state index contributed by atoms with van der Waals surface area (Å²) in [4.78, 5) is 14.0. The second kappa shape index (κ2) is 8.60. The number of anilines is 2. The van der Waals surface area contributed by atoms with Crippen molar-refractivity contribution in [2.24, 2.45) is 5.41 Å². The van der Waals surface area contributed by atoms with E-state index in [2.05, 4.69) is 88.7 Å². The number of ether oxygens (including phenoxy) is 2. The zero-order chi connectivity index (χ0) is 27.0. The molecule has 6 aromatic rings. The Kier molecular flexibility index (Phi) is 4.81. The SMILES string of the molecule is c1cc2c(cc1-c1cnc3[nH]ncc3c1)Oc1cc(-c3cnc4[nH]ncc4c3)ccc1N2CCN1CC2(COC2)C1. The van der Waals surface area contributed by atoms with Crippen LogP contribution in [-0.4, -0.2) is 74.7 Å². The van der Waals surface area contributed by atoms with Gasteiger partial charge in [-0.25, -0.2) is 9.97 Å². The minimum absolute atomic E-state index is 0.402. The van der Waals surface area contributed by atoms with Gasteiger partial charge in [0.05, 0.1) is 37.0 Å². The molecule has 3 aliphatic rings. The minimum atomic E-state index is 0.402. The Morgan fingerprint density at radius 3 is 1.80 bits per heavy atom. The molecule has 10 nitrogen and oxygen atoms in total. The van der Waals surface area contributed by atoms with Crippen LogP contribution in [-0.2, 0) is 4.74 Å². The molecule has 2 N–H and O–H groups in total. The van der Waals surface area contributed by atoms with Crippen LogP contribution in [0.2, 0.25) is 0 Å². The van der Waals surface area contributed by atoms with Crippen LogP contribution in [0.3, 0.4) is 0 Å². The molecule has 2 aromatic carbocycles. The van der Waals surface area contributed by atoms with Crippen molar-refractivity contribution >= 4 is 33.4 Å². The summed E-state index contributed by atoms with van der Waals surface area (Å²) < 4.78 is 12.1. The van der Waals surface area contributed by atoms with Gasteiger partial charge in [0.1, 0.15) is 0 Å². The number of pyridine rings is 2. The number of aromatic nitrogens is 6. The topological polar surface area (TPSA) is 108 Å². The molecule has 7 heterocycles. The fraction of sp³-hybridized carbons (Fsp3) is 0.226. The van der Waals surface area contributed by atoms with Gasteiger partial charge in [0.25, 0.3) is 0 Å². The normalized spacial score (nSPS) is 17.2. The average Bonchev–Trinajstić information content (AvgIpc) is 3.63. The lowest BCUT2D eigenvalue weighted by molar-refractivity contribution is -0.187. The number of H-pyrrole nitrogens is 2. The Bertz CT molecular complexity index is 1830. The summed E-state index contributed by atoms with van der Waals surface area (Å²) in [5.74, 6) is 1.66. The maximum Gasteiger partial charge on any atom is 0.155 e. The number of nitrogens with one attached hydrogen (secondary N) is 2. The monoisotopic (exact) mass is 542 g/mol. The molecule has 4 aromatic heterocycles. The van der Waals surface area contributed by atoms with E-state index >= 15 is 0 Å². The molecule has 41 heavy (non-hydrogen) atoms. The van der Waals surface area contributed by atoms with E-state index in [0.29, 0.717) is 5.41 Å². The summed E-state index contributed by atoms with van der Waals surface area (Å²) in [5.41, 5.74) is 8.21. The van der Waals surface area contributed by atoms with Crippen LogP contribution in [0.1, 0.15) is 0 Å². The third-order valence-electron chi connectivity index (χ3n) is 8.54. The van der Waals surface area contributed by atoms with Crippen molar-refractivity contribution in [2.75, 3.05) is 44.3 Å². The maximum atomic E-state index is 6.63. The Balaban J connectivity index is 1.08. The molecule has 0 atom stereocenters. The van der Waals surface area contributed by atoms with Gasteiger partial charge >= 0.3 is 0 Å². The molecular weight excluding hydrogens is 516 g/mol. The summed E-state index contributed by atoms with van der Waals surface area (Å²) in [7, 11) is 0. The standard InChI is InChI=1S/C31H26N8O2/c1-3-25-27(9-19(1)21-7-23-13-34-36-29(23)32-11-21)41-28-10-20(22-8-24-14-35-37-30(24)33-12-22)2-4-26(28)39(25)6-5-38-15-31(16-38)17-40-18-31/h1-4,7-14H,5-6,15-18H2,(H,32,34,36)(H,33,35,37). The minimum Gasteiger partial charge on any atom is -0.453 e. The quantitative estimate of drug-likeness (QED) is 0.308. The molecule has 3 aliphatic heterocycles. The zero-order valence-electron chi connectivity index (χ0n) is 22.2. The molecular formula is C31H26N8O2. The maximum absolute atomic E-state index is 6.63. The fourth-order valence-corrected chi connectivity index (χ4v) is 6.35. The molecule has 0 unspecified atom stereocenters. The van der Waals surface area contributed by atoms with Crippen LogP contribution >= 0.6 is 0 Å². The lowest BCUT2D eigenvalue weighted by atomic mass is 9.78. The predicted octanol–water partition coefficient (Wildman–Crippen LogP) is 5.14. The molecule has 0 bridgehead atoms. The number of nitrogens with zero attached hydrogens (tertiary/aromatic N) is 6. The molecule has 0 saturated carbocycles. The second-order valence-corrected chi connectivity index (χ2v) is 11.4. The average molecular weight is 543 g/mol. The third-order valence-corrected chi connectivity index (χ3v) is 8.54. The van der Waals surface area contributed by atoms with E-state index in [9.17, 15) is 0 Å². The van der Waals surface area contributed by atoms with Crippen LogP contribution < -0.4 is 9.64 Å². The number of hydrogen-bond donors (Lipinski definition) is 2. The lowest BCUT2D eigenvalue weighted by Gasteiger charge is -2.55. The molecule has 9 rings (SSSR count). The van der Waals surface area contributed by atoms with Gasteiger partial charge in [-0.1, -0.05) is 12.1 Å². The van der Waals surface area contributed by atoms with Gasteiger partial charge in [-0.15, -0.1) is 0 Å². The highest BCUT2D eigenvalue weighted by molar-refractivity contribution is 5.86. The van der Waals surface area contributed by atoms with Crippen molar-refractivity contribution in [3.05, 3.63) is 73.3 Å². The molecule has 2 fully saturated rings. The van der Waals surface area contributed by atoms with Crippen molar-refractivity contribution in [3.63, 3.8) is 0 Å².